The van der Waals surface area contributed by atoms with Gasteiger partial charge in [-0.05, 0) is 73.4 Å². The Kier molecular flexibility index (Phi) is 4.15. The van der Waals surface area contributed by atoms with Crippen LogP contribution in [-0.4, -0.2) is 12.0 Å². The van der Waals surface area contributed by atoms with Crippen LogP contribution >= 0.6 is 0 Å². The SMILES string of the molecule is Cc1ccc(C)c(O[C@H](C)C(=O)Nc2ccc3c4c(cccc24)CC3)c1. The second kappa shape index (κ2) is 6.49. The lowest BCUT2D eigenvalue weighted by Gasteiger charge is -2.18. The maximum Gasteiger partial charge on any atom is 0.265 e. The number of anilines is 1. The summed E-state index contributed by atoms with van der Waals surface area (Å²) in [6.45, 7) is 5.80. The molecule has 1 amide bonds. The minimum Gasteiger partial charge on any atom is -0.481 e. The molecule has 4 rings (SSSR count). The van der Waals surface area contributed by atoms with Crippen molar-refractivity contribution in [3.8, 4) is 5.75 Å². The van der Waals surface area contributed by atoms with Gasteiger partial charge in [0, 0.05) is 11.1 Å². The number of carbonyl (C=O) groups excluding carboxylic acids is 1. The molecule has 1 N–H and O–H groups in total. The van der Waals surface area contributed by atoms with Crippen LogP contribution in [0.15, 0.2) is 48.5 Å². The first kappa shape index (κ1) is 16.6. The summed E-state index contributed by atoms with van der Waals surface area (Å²) in [4.78, 5) is 12.7. The molecule has 132 valence electrons. The number of hydrogen-bond donors (Lipinski definition) is 1. The summed E-state index contributed by atoms with van der Waals surface area (Å²) >= 11 is 0. The number of amides is 1. The lowest BCUT2D eigenvalue weighted by Crippen LogP contribution is -2.30. The van der Waals surface area contributed by atoms with Gasteiger partial charge in [-0.2, -0.15) is 0 Å². The summed E-state index contributed by atoms with van der Waals surface area (Å²) in [5, 5.41) is 5.47. The van der Waals surface area contributed by atoms with Crippen LogP contribution in [0.5, 0.6) is 5.75 Å². The first-order valence-corrected chi connectivity index (χ1v) is 9.11. The van der Waals surface area contributed by atoms with E-state index in [9.17, 15) is 4.79 Å². The van der Waals surface area contributed by atoms with E-state index in [4.69, 9.17) is 4.74 Å². The second-order valence-electron chi connectivity index (χ2n) is 7.13. The van der Waals surface area contributed by atoms with Crippen molar-refractivity contribution in [3.05, 3.63) is 70.8 Å². The monoisotopic (exact) mass is 345 g/mol. The zero-order chi connectivity index (χ0) is 18.3. The zero-order valence-electron chi connectivity index (χ0n) is 15.4. The van der Waals surface area contributed by atoms with Gasteiger partial charge in [-0.3, -0.25) is 4.79 Å². The molecule has 0 saturated heterocycles. The molecule has 3 aromatic carbocycles. The van der Waals surface area contributed by atoms with E-state index in [1.54, 1.807) is 6.92 Å². The molecule has 0 aliphatic heterocycles. The van der Waals surface area contributed by atoms with Crippen LogP contribution in [0.2, 0.25) is 0 Å². The van der Waals surface area contributed by atoms with E-state index >= 15 is 0 Å². The standard InChI is InChI=1S/C23H23NO2/c1-14-7-8-15(2)21(13-14)26-16(3)23(25)24-20-12-11-18-10-9-17-5-4-6-19(20)22(17)18/h4-8,11-13,16H,9-10H2,1-3H3,(H,24,25)/t16-/m1/s1. The second-order valence-corrected chi connectivity index (χ2v) is 7.13. The Hall–Kier alpha value is -2.81. The summed E-state index contributed by atoms with van der Waals surface area (Å²) in [7, 11) is 0. The van der Waals surface area contributed by atoms with Crippen LogP contribution < -0.4 is 10.1 Å². The smallest absolute Gasteiger partial charge is 0.265 e. The summed E-state index contributed by atoms with van der Waals surface area (Å²) in [5.41, 5.74) is 5.74. The maximum absolute atomic E-state index is 12.7. The molecule has 0 saturated carbocycles. The van der Waals surface area contributed by atoms with Crippen molar-refractivity contribution in [3.63, 3.8) is 0 Å². The molecular weight excluding hydrogens is 322 g/mol. The summed E-state index contributed by atoms with van der Waals surface area (Å²) in [6, 6.07) is 16.5. The topological polar surface area (TPSA) is 38.3 Å². The fourth-order valence-electron chi connectivity index (χ4n) is 3.67. The van der Waals surface area contributed by atoms with Crippen LogP contribution in [0.1, 0.15) is 29.2 Å². The third-order valence-corrected chi connectivity index (χ3v) is 5.15. The number of nitrogens with one attached hydrogen (secondary N) is 1. The molecule has 26 heavy (non-hydrogen) atoms. The molecule has 1 aliphatic carbocycles. The lowest BCUT2D eigenvalue weighted by molar-refractivity contribution is -0.122. The van der Waals surface area contributed by atoms with E-state index < -0.39 is 6.10 Å². The van der Waals surface area contributed by atoms with E-state index in [0.717, 1.165) is 40.8 Å². The third kappa shape index (κ3) is 2.94. The molecule has 3 heteroatoms. The Morgan fingerprint density at radius 1 is 1.04 bits per heavy atom. The fourth-order valence-corrected chi connectivity index (χ4v) is 3.67. The Morgan fingerprint density at radius 3 is 2.62 bits per heavy atom. The minimum atomic E-state index is -0.571. The highest BCUT2D eigenvalue weighted by molar-refractivity contribution is 6.06. The molecule has 1 aliphatic rings. The van der Waals surface area contributed by atoms with Gasteiger partial charge < -0.3 is 10.1 Å². The summed E-state index contributed by atoms with van der Waals surface area (Å²) in [5.74, 6) is 0.623. The van der Waals surface area contributed by atoms with Gasteiger partial charge in [-0.15, -0.1) is 0 Å². The molecular formula is C23H23NO2. The fraction of sp³-hybridized carbons (Fsp3) is 0.261. The van der Waals surface area contributed by atoms with Gasteiger partial charge in [0.2, 0.25) is 0 Å². The number of carbonyl (C=O) groups is 1. The van der Waals surface area contributed by atoms with Crippen molar-refractivity contribution in [1.82, 2.24) is 0 Å². The molecule has 0 heterocycles. The van der Waals surface area contributed by atoms with E-state index in [0.29, 0.717) is 0 Å². The molecule has 3 nitrogen and oxygen atoms in total. The number of ether oxygens (including phenoxy) is 1. The Bertz CT molecular complexity index is 996. The van der Waals surface area contributed by atoms with Crippen molar-refractivity contribution < 1.29 is 9.53 Å². The van der Waals surface area contributed by atoms with Crippen molar-refractivity contribution in [2.24, 2.45) is 0 Å². The first-order valence-electron chi connectivity index (χ1n) is 9.11. The van der Waals surface area contributed by atoms with Crippen LogP contribution in [-0.2, 0) is 17.6 Å². The van der Waals surface area contributed by atoms with E-state index in [2.05, 4.69) is 29.6 Å². The normalized spacial score (nSPS) is 13.7. The molecule has 0 unspecified atom stereocenters. The van der Waals surface area contributed by atoms with Gasteiger partial charge in [0.1, 0.15) is 5.75 Å². The Morgan fingerprint density at radius 2 is 1.81 bits per heavy atom. The predicted octanol–water partition coefficient (Wildman–Crippen LogP) is 4.96. The van der Waals surface area contributed by atoms with Crippen molar-refractivity contribution in [2.75, 3.05) is 5.32 Å². The minimum absolute atomic E-state index is 0.135. The van der Waals surface area contributed by atoms with Gasteiger partial charge in [-0.1, -0.05) is 36.4 Å². The molecule has 0 spiro atoms. The maximum atomic E-state index is 12.7. The molecule has 0 fully saturated rings. The number of benzene rings is 3. The predicted molar refractivity (Wildman–Crippen MR) is 106 cm³/mol. The summed E-state index contributed by atoms with van der Waals surface area (Å²) in [6.07, 6.45) is 1.59. The lowest BCUT2D eigenvalue weighted by atomic mass is 10.0. The largest absolute Gasteiger partial charge is 0.481 e. The van der Waals surface area contributed by atoms with Gasteiger partial charge in [0.25, 0.3) is 5.91 Å². The van der Waals surface area contributed by atoms with E-state index in [1.165, 1.54) is 16.5 Å². The van der Waals surface area contributed by atoms with Crippen molar-refractivity contribution in [2.45, 2.75) is 39.7 Å². The quantitative estimate of drug-likeness (QED) is 0.726. The Labute approximate surface area is 154 Å². The van der Waals surface area contributed by atoms with Crippen LogP contribution in [0, 0.1) is 13.8 Å². The van der Waals surface area contributed by atoms with Crippen molar-refractivity contribution >= 4 is 22.4 Å². The van der Waals surface area contributed by atoms with Gasteiger partial charge in [0.15, 0.2) is 6.10 Å². The van der Waals surface area contributed by atoms with Crippen molar-refractivity contribution in [1.29, 1.82) is 0 Å². The molecule has 3 aromatic rings. The summed E-state index contributed by atoms with van der Waals surface area (Å²) < 4.78 is 5.92. The number of rotatable bonds is 4. The van der Waals surface area contributed by atoms with Gasteiger partial charge >= 0.3 is 0 Å². The zero-order valence-corrected chi connectivity index (χ0v) is 15.4. The van der Waals surface area contributed by atoms with E-state index in [1.807, 2.05) is 38.1 Å². The van der Waals surface area contributed by atoms with Gasteiger partial charge in [0.05, 0.1) is 0 Å². The molecule has 0 radical (unpaired) electrons. The van der Waals surface area contributed by atoms with Crippen LogP contribution in [0.4, 0.5) is 5.69 Å². The third-order valence-electron chi connectivity index (χ3n) is 5.15. The highest BCUT2D eigenvalue weighted by Gasteiger charge is 2.20. The first-order chi connectivity index (χ1) is 12.5. The Balaban J connectivity index is 1.57. The highest BCUT2D eigenvalue weighted by Crippen LogP contribution is 2.35. The number of aryl methyl sites for hydroxylation is 4. The highest BCUT2D eigenvalue weighted by atomic mass is 16.5. The average molecular weight is 345 g/mol. The molecule has 1 atom stereocenters. The van der Waals surface area contributed by atoms with Crippen LogP contribution in [0.25, 0.3) is 10.8 Å². The molecule has 0 aromatic heterocycles. The number of hydrogen-bond acceptors (Lipinski definition) is 2. The van der Waals surface area contributed by atoms with Gasteiger partial charge in [-0.25, -0.2) is 0 Å². The average Bonchev–Trinajstić information content (AvgIpc) is 3.05. The molecule has 0 bridgehead atoms. The van der Waals surface area contributed by atoms with E-state index in [-0.39, 0.29) is 5.91 Å². The van der Waals surface area contributed by atoms with Crippen LogP contribution in [0.3, 0.4) is 0 Å².